The molecule has 0 aliphatic carbocycles. The number of guanidine groups is 1. The van der Waals surface area contributed by atoms with E-state index in [1.807, 2.05) is 0 Å². The SMILES string of the molecule is CCNC(=NCc1ccccc1CN(C)C)N1CCC(c2ccc(OC)cc2)C1. The summed E-state index contributed by atoms with van der Waals surface area (Å²) in [6.07, 6.45) is 1.15. The molecule has 0 bridgehead atoms. The summed E-state index contributed by atoms with van der Waals surface area (Å²) in [6, 6.07) is 17.1. The summed E-state index contributed by atoms with van der Waals surface area (Å²) in [5.41, 5.74) is 4.01. The molecule has 0 amide bonds. The summed E-state index contributed by atoms with van der Waals surface area (Å²) >= 11 is 0. The van der Waals surface area contributed by atoms with Crippen LogP contribution in [0.1, 0.15) is 36.0 Å². The van der Waals surface area contributed by atoms with E-state index in [9.17, 15) is 0 Å². The fraction of sp³-hybridized carbons (Fsp3) is 0.458. The Morgan fingerprint density at radius 3 is 2.52 bits per heavy atom. The van der Waals surface area contributed by atoms with Gasteiger partial charge in [0.05, 0.1) is 13.7 Å². The number of methoxy groups -OCH3 is 1. The zero-order chi connectivity index (χ0) is 20.6. The van der Waals surface area contributed by atoms with Crippen LogP contribution in [-0.2, 0) is 13.1 Å². The monoisotopic (exact) mass is 394 g/mol. The van der Waals surface area contributed by atoms with Crippen LogP contribution < -0.4 is 10.1 Å². The van der Waals surface area contributed by atoms with Crippen LogP contribution in [0.4, 0.5) is 0 Å². The van der Waals surface area contributed by atoms with Crippen molar-refractivity contribution in [1.29, 1.82) is 0 Å². The van der Waals surface area contributed by atoms with E-state index in [1.54, 1.807) is 7.11 Å². The number of ether oxygens (including phenoxy) is 1. The summed E-state index contributed by atoms with van der Waals surface area (Å²) in [7, 11) is 5.92. The van der Waals surface area contributed by atoms with Crippen molar-refractivity contribution >= 4 is 5.96 Å². The number of nitrogens with zero attached hydrogens (tertiary/aromatic N) is 3. The van der Waals surface area contributed by atoms with Crippen LogP contribution in [0.15, 0.2) is 53.5 Å². The lowest BCUT2D eigenvalue weighted by Crippen LogP contribution is -2.40. The van der Waals surface area contributed by atoms with Crippen LogP contribution in [0.25, 0.3) is 0 Å². The first-order valence-electron chi connectivity index (χ1n) is 10.5. The van der Waals surface area contributed by atoms with Gasteiger partial charge < -0.3 is 19.9 Å². The lowest BCUT2D eigenvalue weighted by atomic mass is 9.98. The molecule has 1 atom stereocenters. The number of rotatable bonds is 7. The number of likely N-dealkylation sites (tertiary alicyclic amines) is 1. The van der Waals surface area contributed by atoms with E-state index in [-0.39, 0.29) is 0 Å². The van der Waals surface area contributed by atoms with Crippen LogP contribution in [0, 0.1) is 0 Å². The van der Waals surface area contributed by atoms with Gasteiger partial charge in [0, 0.05) is 32.1 Å². The highest BCUT2D eigenvalue weighted by Crippen LogP contribution is 2.28. The van der Waals surface area contributed by atoms with Gasteiger partial charge in [-0.3, -0.25) is 0 Å². The molecule has 1 N–H and O–H groups in total. The molecule has 1 unspecified atom stereocenters. The van der Waals surface area contributed by atoms with E-state index in [2.05, 4.69) is 84.7 Å². The Labute approximate surface area is 175 Å². The highest BCUT2D eigenvalue weighted by Gasteiger charge is 2.26. The standard InChI is InChI=1S/C24H34N4O/c1-5-25-24(26-16-20-8-6-7-9-21(20)17-27(2)3)28-15-14-22(18-28)19-10-12-23(29-4)13-11-19/h6-13,22H,5,14-18H2,1-4H3,(H,25,26). The Morgan fingerprint density at radius 2 is 1.86 bits per heavy atom. The maximum absolute atomic E-state index is 5.29. The Kier molecular flexibility index (Phi) is 7.53. The fourth-order valence-corrected chi connectivity index (χ4v) is 3.89. The lowest BCUT2D eigenvalue weighted by molar-refractivity contribution is 0.401. The van der Waals surface area contributed by atoms with E-state index < -0.39 is 0 Å². The van der Waals surface area contributed by atoms with Gasteiger partial charge in [-0.1, -0.05) is 36.4 Å². The average molecular weight is 395 g/mol. The Bertz CT molecular complexity index is 801. The third-order valence-corrected chi connectivity index (χ3v) is 5.41. The van der Waals surface area contributed by atoms with Crippen LogP contribution in [0.5, 0.6) is 5.75 Å². The largest absolute Gasteiger partial charge is 0.497 e. The molecule has 156 valence electrons. The van der Waals surface area contributed by atoms with E-state index >= 15 is 0 Å². The number of benzene rings is 2. The second-order valence-electron chi connectivity index (χ2n) is 7.88. The van der Waals surface area contributed by atoms with Crippen LogP contribution in [0.3, 0.4) is 0 Å². The molecule has 5 nitrogen and oxygen atoms in total. The molecule has 0 spiro atoms. The summed E-state index contributed by atoms with van der Waals surface area (Å²) in [5.74, 6) is 2.46. The van der Waals surface area contributed by atoms with Gasteiger partial charge in [-0.05, 0) is 56.3 Å². The molecule has 3 rings (SSSR count). The Morgan fingerprint density at radius 1 is 1.14 bits per heavy atom. The predicted molar refractivity (Wildman–Crippen MR) is 121 cm³/mol. The summed E-state index contributed by atoms with van der Waals surface area (Å²) < 4.78 is 5.29. The van der Waals surface area contributed by atoms with E-state index in [1.165, 1.54) is 16.7 Å². The van der Waals surface area contributed by atoms with E-state index in [0.29, 0.717) is 12.5 Å². The second kappa shape index (κ2) is 10.3. The Hall–Kier alpha value is -2.53. The predicted octanol–water partition coefficient (Wildman–Crippen LogP) is 3.71. The molecule has 1 heterocycles. The minimum absolute atomic E-state index is 0.533. The molecule has 1 fully saturated rings. The molecule has 1 saturated heterocycles. The van der Waals surface area contributed by atoms with Gasteiger partial charge in [0.15, 0.2) is 5.96 Å². The third-order valence-electron chi connectivity index (χ3n) is 5.41. The minimum atomic E-state index is 0.533. The Balaban J connectivity index is 1.70. The van der Waals surface area contributed by atoms with Crippen molar-refractivity contribution < 1.29 is 4.74 Å². The molecular weight excluding hydrogens is 360 g/mol. The lowest BCUT2D eigenvalue weighted by Gasteiger charge is -2.22. The number of hydrogen-bond donors (Lipinski definition) is 1. The number of aliphatic imine (C=N–C) groups is 1. The molecule has 1 aliphatic heterocycles. The van der Waals surface area contributed by atoms with Gasteiger partial charge in [0.2, 0.25) is 0 Å². The first kappa shape index (κ1) is 21.2. The summed E-state index contributed by atoms with van der Waals surface area (Å²) in [6.45, 7) is 6.68. The van der Waals surface area contributed by atoms with Crippen LogP contribution in [0.2, 0.25) is 0 Å². The minimum Gasteiger partial charge on any atom is -0.497 e. The van der Waals surface area contributed by atoms with Gasteiger partial charge in [-0.15, -0.1) is 0 Å². The maximum atomic E-state index is 5.29. The molecule has 29 heavy (non-hydrogen) atoms. The topological polar surface area (TPSA) is 40.1 Å². The maximum Gasteiger partial charge on any atom is 0.194 e. The average Bonchev–Trinajstić information content (AvgIpc) is 3.22. The van der Waals surface area contributed by atoms with E-state index in [0.717, 1.165) is 44.3 Å². The highest BCUT2D eigenvalue weighted by molar-refractivity contribution is 5.80. The molecular formula is C24H34N4O. The first-order valence-corrected chi connectivity index (χ1v) is 10.5. The smallest absolute Gasteiger partial charge is 0.194 e. The first-order chi connectivity index (χ1) is 14.1. The van der Waals surface area contributed by atoms with Gasteiger partial charge >= 0.3 is 0 Å². The second-order valence-corrected chi connectivity index (χ2v) is 7.88. The summed E-state index contributed by atoms with van der Waals surface area (Å²) in [4.78, 5) is 9.58. The molecule has 0 saturated carbocycles. The highest BCUT2D eigenvalue weighted by atomic mass is 16.5. The van der Waals surface area contributed by atoms with Crippen molar-refractivity contribution in [3.05, 3.63) is 65.2 Å². The van der Waals surface area contributed by atoms with Crippen molar-refractivity contribution in [3.8, 4) is 5.75 Å². The van der Waals surface area contributed by atoms with Crippen molar-refractivity contribution in [2.75, 3.05) is 40.8 Å². The third kappa shape index (κ3) is 5.73. The van der Waals surface area contributed by atoms with Gasteiger partial charge in [-0.25, -0.2) is 4.99 Å². The summed E-state index contributed by atoms with van der Waals surface area (Å²) in [5, 5.41) is 3.49. The fourth-order valence-electron chi connectivity index (χ4n) is 3.89. The van der Waals surface area contributed by atoms with Crippen molar-refractivity contribution in [2.24, 2.45) is 4.99 Å². The van der Waals surface area contributed by atoms with Crippen molar-refractivity contribution in [3.63, 3.8) is 0 Å². The number of nitrogens with one attached hydrogen (secondary N) is 1. The van der Waals surface area contributed by atoms with Crippen molar-refractivity contribution in [2.45, 2.75) is 32.4 Å². The quantitative estimate of drug-likeness (QED) is 0.574. The zero-order valence-corrected chi connectivity index (χ0v) is 18.2. The van der Waals surface area contributed by atoms with Gasteiger partial charge in [-0.2, -0.15) is 0 Å². The normalized spacial score (nSPS) is 17.1. The zero-order valence-electron chi connectivity index (χ0n) is 18.2. The van der Waals surface area contributed by atoms with Crippen LogP contribution in [-0.4, -0.2) is 56.6 Å². The molecule has 0 aromatic heterocycles. The van der Waals surface area contributed by atoms with Gasteiger partial charge in [0.1, 0.15) is 5.75 Å². The number of hydrogen-bond acceptors (Lipinski definition) is 3. The van der Waals surface area contributed by atoms with Crippen LogP contribution >= 0.6 is 0 Å². The molecule has 0 radical (unpaired) electrons. The molecule has 5 heteroatoms. The van der Waals surface area contributed by atoms with Gasteiger partial charge in [0.25, 0.3) is 0 Å². The molecule has 1 aliphatic rings. The van der Waals surface area contributed by atoms with E-state index in [4.69, 9.17) is 9.73 Å². The van der Waals surface area contributed by atoms with Crippen molar-refractivity contribution in [1.82, 2.24) is 15.1 Å². The molecule has 2 aromatic rings. The molecule has 2 aromatic carbocycles.